The number of para-hydroxylation sites is 2. The molecule has 0 saturated carbocycles. The van der Waals surface area contributed by atoms with Gasteiger partial charge in [-0.15, -0.1) is 0 Å². The topological polar surface area (TPSA) is 64.7 Å². The maximum atomic E-state index is 6.42. The summed E-state index contributed by atoms with van der Waals surface area (Å²) in [7, 11) is 0. The first-order valence-electron chi connectivity index (χ1n) is 18.3. The lowest BCUT2D eigenvalue weighted by Crippen LogP contribution is -2.00. The van der Waals surface area contributed by atoms with Crippen molar-refractivity contribution >= 4 is 21.9 Å². The second kappa shape index (κ2) is 13.8. The number of furan rings is 1. The molecule has 0 amide bonds. The second-order valence-corrected chi connectivity index (χ2v) is 13.4. The van der Waals surface area contributed by atoms with Crippen molar-refractivity contribution in [3.63, 3.8) is 0 Å². The summed E-state index contributed by atoms with van der Waals surface area (Å²) in [5.41, 5.74) is 13.2. The van der Waals surface area contributed by atoms with Crippen molar-refractivity contribution in [3.8, 4) is 78.7 Å². The molecule has 0 N–H and O–H groups in total. The van der Waals surface area contributed by atoms with Gasteiger partial charge < -0.3 is 4.42 Å². The first-order chi connectivity index (χ1) is 27.3. The molecule has 0 radical (unpaired) electrons. The van der Waals surface area contributed by atoms with Crippen LogP contribution in [0.25, 0.3) is 101 Å². The van der Waals surface area contributed by atoms with E-state index < -0.39 is 0 Å². The molecule has 3 aromatic heterocycles. The fraction of sp³-hybridized carbons (Fsp3) is 0. The van der Waals surface area contributed by atoms with Gasteiger partial charge in [-0.1, -0.05) is 152 Å². The van der Waals surface area contributed by atoms with Crippen LogP contribution in [0.5, 0.6) is 0 Å². The number of nitrogens with zero attached hydrogens (tertiary/aromatic N) is 4. The summed E-state index contributed by atoms with van der Waals surface area (Å²) in [6.07, 6.45) is 3.75. The SMILES string of the molecule is c1ccc(-c2nc(-c3ccc(-c4cc(-c5ccccc5)c(-c5cccnc5)cc4-c4ccccc4)cc3)nc(-c3cccc4c3oc3ccccc34)n2)cc1. The molecule has 5 nitrogen and oxygen atoms in total. The zero-order valence-corrected chi connectivity index (χ0v) is 29.7. The fourth-order valence-corrected chi connectivity index (χ4v) is 7.38. The van der Waals surface area contributed by atoms with E-state index in [1.54, 1.807) is 0 Å². The molecule has 0 aliphatic rings. The number of rotatable bonds is 7. The summed E-state index contributed by atoms with van der Waals surface area (Å²) in [5.74, 6) is 1.74. The van der Waals surface area contributed by atoms with E-state index in [4.69, 9.17) is 19.4 Å². The van der Waals surface area contributed by atoms with Gasteiger partial charge in [0.25, 0.3) is 0 Å². The molecule has 0 spiro atoms. The quantitative estimate of drug-likeness (QED) is 0.165. The molecule has 7 aromatic carbocycles. The number of pyridine rings is 1. The van der Waals surface area contributed by atoms with Crippen molar-refractivity contribution in [2.45, 2.75) is 0 Å². The van der Waals surface area contributed by atoms with E-state index in [1.165, 1.54) is 0 Å². The average molecular weight is 705 g/mol. The predicted molar refractivity (Wildman–Crippen MR) is 223 cm³/mol. The van der Waals surface area contributed by atoms with Crippen molar-refractivity contribution in [3.05, 3.63) is 194 Å². The van der Waals surface area contributed by atoms with Gasteiger partial charge in [-0.25, -0.2) is 15.0 Å². The number of hydrogen-bond donors (Lipinski definition) is 0. The third kappa shape index (κ3) is 6.04. The minimum atomic E-state index is 0.558. The van der Waals surface area contributed by atoms with Crippen LogP contribution in [0.2, 0.25) is 0 Å². The Hall–Kier alpha value is -7.50. The lowest BCUT2D eigenvalue weighted by Gasteiger charge is -2.18. The lowest BCUT2D eigenvalue weighted by atomic mass is 9.86. The van der Waals surface area contributed by atoms with E-state index in [9.17, 15) is 0 Å². The molecular weight excluding hydrogens is 673 g/mol. The summed E-state index contributed by atoms with van der Waals surface area (Å²) < 4.78 is 6.42. The van der Waals surface area contributed by atoms with Gasteiger partial charge in [-0.3, -0.25) is 4.98 Å². The molecule has 0 aliphatic carbocycles. The zero-order valence-electron chi connectivity index (χ0n) is 29.7. The Balaban J connectivity index is 1.13. The Kier molecular flexibility index (Phi) is 8.08. The van der Waals surface area contributed by atoms with Crippen LogP contribution in [-0.2, 0) is 0 Å². The standard InChI is InChI=1S/C50H32N4O/c1-4-14-33(15-5-1)42-31-45(38-20-13-29-51-32-38)43(34-16-6-2-7-17-34)30-44(42)35-25-27-37(28-26-35)49-52-48(36-18-8-3-9-19-36)53-50(54-49)41-23-12-22-40-39-21-10-11-24-46(39)55-47(40)41/h1-32H. The van der Waals surface area contributed by atoms with Gasteiger partial charge in [0.05, 0.1) is 5.56 Å². The van der Waals surface area contributed by atoms with E-state index in [0.29, 0.717) is 17.5 Å². The second-order valence-electron chi connectivity index (χ2n) is 13.4. The predicted octanol–water partition coefficient (Wildman–Crippen LogP) is 12.8. The van der Waals surface area contributed by atoms with Crippen molar-refractivity contribution in [1.82, 2.24) is 19.9 Å². The lowest BCUT2D eigenvalue weighted by molar-refractivity contribution is 0.669. The van der Waals surface area contributed by atoms with Crippen molar-refractivity contribution in [2.75, 3.05) is 0 Å². The maximum absolute atomic E-state index is 6.42. The molecule has 0 fully saturated rings. The van der Waals surface area contributed by atoms with Crippen LogP contribution in [0.4, 0.5) is 0 Å². The van der Waals surface area contributed by atoms with Crippen LogP contribution in [0, 0.1) is 0 Å². The Morgan fingerprint density at radius 3 is 1.42 bits per heavy atom. The van der Waals surface area contributed by atoms with Crippen LogP contribution in [0.15, 0.2) is 199 Å². The van der Waals surface area contributed by atoms with Crippen molar-refractivity contribution in [1.29, 1.82) is 0 Å². The van der Waals surface area contributed by atoms with Gasteiger partial charge in [0.1, 0.15) is 11.2 Å². The highest BCUT2D eigenvalue weighted by molar-refractivity contribution is 6.09. The monoisotopic (exact) mass is 704 g/mol. The Morgan fingerprint density at radius 1 is 0.327 bits per heavy atom. The highest BCUT2D eigenvalue weighted by Gasteiger charge is 2.19. The Labute approximate surface area is 318 Å². The number of aromatic nitrogens is 4. The summed E-state index contributed by atoms with van der Waals surface area (Å²) in [4.78, 5) is 19.6. The van der Waals surface area contributed by atoms with Crippen LogP contribution < -0.4 is 0 Å². The maximum Gasteiger partial charge on any atom is 0.167 e. The molecule has 0 atom stereocenters. The molecule has 0 unspecified atom stereocenters. The van der Waals surface area contributed by atoms with Gasteiger partial charge in [-0.2, -0.15) is 0 Å². The smallest absolute Gasteiger partial charge is 0.167 e. The van der Waals surface area contributed by atoms with E-state index >= 15 is 0 Å². The number of benzene rings is 7. The van der Waals surface area contributed by atoms with Crippen molar-refractivity contribution < 1.29 is 4.42 Å². The normalized spacial score (nSPS) is 11.3. The molecule has 0 saturated heterocycles. The van der Waals surface area contributed by atoms with Gasteiger partial charge in [0.2, 0.25) is 0 Å². The summed E-state index contributed by atoms with van der Waals surface area (Å²) >= 11 is 0. The molecule has 5 heteroatoms. The molecular formula is C50H32N4O. The van der Waals surface area contributed by atoms with E-state index in [0.717, 1.165) is 83.1 Å². The van der Waals surface area contributed by atoms with E-state index in [2.05, 4.69) is 120 Å². The van der Waals surface area contributed by atoms with Crippen LogP contribution >= 0.6 is 0 Å². The van der Waals surface area contributed by atoms with Gasteiger partial charge in [-0.05, 0) is 69.3 Å². The summed E-state index contributed by atoms with van der Waals surface area (Å²) in [6.45, 7) is 0. The highest BCUT2D eigenvalue weighted by atomic mass is 16.3. The molecule has 0 aliphatic heterocycles. The average Bonchev–Trinajstić information content (AvgIpc) is 3.66. The highest BCUT2D eigenvalue weighted by Crippen LogP contribution is 2.42. The minimum absolute atomic E-state index is 0.558. The first-order valence-corrected chi connectivity index (χ1v) is 18.3. The van der Waals surface area contributed by atoms with E-state index in [-0.39, 0.29) is 0 Å². The van der Waals surface area contributed by atoms with Crippen molar-refractivity contribution in [2.24, 2.45) is 0 Å². The molecule has 0 bridgehead atoms. The fourth-order valence-electron chi connectivity index (χ4n) is 7.38. The van der Waals surface area contributed by atoms with E-state index in [1.807, 2.05) is 79.1 Å². The molecule has 258 valence electrons. The Bertz CT molecular complexity index is 2940. The van der Waals surface area contributed by atoms with Gasteiger partial charge in [0, 0.05) is 39.9 Å². The van der Waals surface area contributed by atoms with Crippen LogP contribution in [-0.4, -0.2) is 19.9 Å². The largest absolute Gasteiger partial charge is 0.455 e. The minimum Gasteiger partial charge on any atom is -0.455 e. The number of hydrogen-bond acceptors (Lipinski definition) is 5. The Morgan fingerprint density at radius 2 is 0.800 bits per heavy atom. The summed E-state index contributed by atoms with van der Waals surface area (Å²) in [6, 6.07) is 62.7. The van der Waals surface area contributed by atoms with Gasteiger partial charge >= 0.3 is 0 Å². The molecule has 10 aromatic rings. The third-order valence-electron chi connectivity index (χ3n) is 10.1. The van der Waals surface area contributed by atoms with Crippen LogP contribution in [0.3, 0.4) is 0 Å². The van der Waals surface area contributed by atoms with Gasteiger partial charge in [0.15, 0.2) is 17.5 Å². The van der Waals surface area contributed by atoms with Crippen LogP contribution in [0.1, 0.15) is 0 Å². The zero-order chi connectivity index (χ0) is 36.6. The molecule has 3 heterocycles. The summed E-state index contributed by atoms with van der Waals surface area (Å²) in [5, 5.41) is 2.09. The molecule has 55 heavy (non-hydrogen) atoms. The number of fused-ring (bicyclic) bond motifs is 3. The molecule has 10 rings (SSSR count). The third-order valence-corrected chi connectivity index (χ3v) is 10.1. The first kappa shape index (κ1) is 32.2.